The van der Waals surface area contributed by atoms with E-state index >= 15 is 0 Å². The molecule has 30 heavy (non-hydrogen) atoms. The molecule has 0 unspecified atom stereocenters. The lowest BCUT2D eigenvalue weighted by Gasteiger charge is -2.41. The van der Waals surface area contributed by atoms with Gasteiger partial charge < -0.3 is 23.9 Å². The fourth-order valence-electron chi connectivity index (χ4n) is 4.00. The number of hydrogen-bond donors (Lipinski definition) is 0. The third kappa shape index (κ3) is 4.72. The molecule has 0 N–H and O–H groups in total. The Morgan fingerprint density at radius 3 is 2.30 bits per heavy atom. The lowest BCUT2D eigenvalue weighted by atomic mass is 9.96. The molecular weight excluding hydrogens is 378 g/mol. The van der Waals surface area contributed by atoms with Crippen LogP contribution in [-0.2, 0) is 4.79 Å². The van der Waals surface area contributed by atoms with Crippen LogP contribution in [0.3, 0.4) is 0 Å². The lowest BCUT2D eigenvalue weighted by Crippen LogP contribution is -2.54. The van der Waals surface area contributed by atoms with Gasteiger partial charge in [-0.05, 0) is 61.9 Å². The number of ether oxygens (including phenoxy) is 3. The third-order valence-electron chi connectivity index (χ3n) is 6.04. The molecule has 2 fully saturated rings. The van der Waals surface area contributed by atoms with Gasteiger partial charge in [0.1, 0.15) is 29.1 Å². The molecular formula is C25H31NO4. The standard InChI is InChI=1S/C25H31NO4/c1-17(13-18(2)27)19-7-9-21(10-8-19)30-23-15-26(16-23)24-12-11-22(14-25(24)28-3)29-20-5-4-6-20/h7-12,14,17,20,23H,4-6,13,15-16H2,1-3H3/t17-/m1/s1. The van der Waals surface area contributed by atoms with Crippen molar-refractivity contribution in [2.45, 2.75) is 57.7 Å². The molecule has 1 saturated heterocycles. The van der Waals surface area contributed by atoms with Crippen LogP contribution in [0.25, 0.3) is 0 Å². The predicted octanol–water partition coefficient (Wildman–Crippen LogP) is 4.98. The van der Waals surface area contributed by atoms with Crippen molar-refractivity contribution in [3.8, 4) is 17.2 Å². The van der Waals surface area contributed by atoms with E-state index in [1.54, 1.807) is 14.0 Å². The predicted molar refractivity (Wildman–Crippen MR) is 118 cm³/mol. The van der Waals surface area contributed by atoms with E-state index in [4.69, 9.17) is 14.2 Å². The summed E-state index contributed by atoms with van der Waals surface area (Å²) in [6.45, 7) is 5.36. The van der Waals surface area contributed by atoms with Crippen LogP contribution in [-0.4, -0.2) is 38.2 Å². The van der Waals surface area contributed by atoms with Crippen molar-refractivity contribution in [1.82, 2.24) is 0 Å². The Balaban J connectivity index is 1.31. The van der Waals surface area contributed by atoms with Crippen molar-refractivity contribution in [3.05, 3.63) is 48.0 Å². The zero-order chi connectivity index (χ0) is 21.1. The highest BCUT2D eigenvalue weighted by Crippen LogP contribution is 2.37. The maximum Gasteiger partial charge on any atom is 0.145 e. The number of anilines is 1. The molecule has 0 spiro atoms. The summed E-state index contributed by atoms with van der Waals surface area (Å²) in [5, 5.41) is 0. The summed E-state index contributed by atoms with van der Waals surface area (Å²) in [6.07, 6.45) is 4.64. The summed E-state index contributed by atoms with van der Waals surface area (Å²) in [4.78, 5) is 13.6. The molecule has 0 bridgehead atoms. The SMILES string of the molecule is COc1cc(OC2CCC2)ccc1N1CC(Oc2ccc([C@H](C)CC(C)=O)cc2)C1. The first kappa shape index (κ1) is 20.6. The number of benzene rings is 2. The maximum atomic E-state index is 11.3. The summed E-state index contributed by atoms with van der Waals surface area (Å²) in [5.74, 6) is 3.05. The van der Waals surface area contributed by atoms with Gasteiger partial charge in [-0.3, -0.25) is 0 Å². The van der Waals surface area contributed by atoms with E-state index in [0.29, 0.717) is 12.5 Å². The highest BCUT2D eigenvalue weighted by molar-refractivity contribution is 5.76. The topological polar surface area (TPSA) is 48.0 Å². The first-order valence-corrected chi connectivity index (χ1v) is 10.9. The maximum absolute atomic E-state index is 11.3. The second kappa shape index (κ2) is 8.99. The summed E-state index contributed by atoms with van der Waals surface area (Å²) in [6, 6.07) is 14.2. The van der Waals surface area contributed by atoms with Crippen molar-refractivity contribution in [2.24, 2.45) is 0 Å². The second-order valence-corrected chi connectivity index (χ2v) is 8.53. The van der Waals surface area contributed by atoms with Crippen LogP contribution in [0.15, 0.2) is 42.5 Å². The Morgan fingerprint density at radius 2 is 1.70 bits per heavy atom. The van der Waals surface area contributed by atoms with Crippen LogP contribution < -0.4 is 19.1 Å². The molecule has 1 heterocycles. The van der Waals surface area contributed by atoms with E-state index in [0.717, 1.165) is 48.9 Å². The highest BCUT2D eigenvalue weighted by Gasteiger charge is 2.31. The van der Waals surface area contributed by atoms with E-state index in [2.05, 4.69) is 30.0 Å². The molecule has 1 atom stereocenters. The first-order valence-electron chi connectivity index (χ1n) is 10.9. The number of Topliss-reactive ketones (excluding diaryl/α,β-unsaturated/α-hetero) is 1. The van der Waals surface area contributed by atoms with Gasteiger partial charge in [0.2, 0.25) is 0 Å². The summed E-state index contributed by atoms with van der Waals surface area (Å²) in [7, 11) is 1.70. The molecule has 0 amide bonds. The molecule has 2 aliphatic rings. The first-order chi connectivity index (χ1) is 14.5. The Kier molecular flexibility index (Phi) is 6.16. The van der Waals surface area contributed by atoms with Crippen molar-refractivity contribution in [3.63, 3.8) is 0 Å². The largest absolute Gasteiger partial charge is 0.494 e. The quantitative estimate of drug-likeness (QED) is 0.585. The molecule has 1 aliphatic carbocycles. The van der Waals surface area contributed by atoms with Crippen LogP contribution in [0.4, 0.5) is 5.69 Å². The van der Waals surface area contributed by atoms with Gasteiger partial charge in [-0.15, -0.1) is 0 Å². The minimum absolute atomic E-state index is 0.154. The normalized spacial score (nSPS) is 17.6. The van der Waals surface area contributed by atoms with E-state index < -0.39 is 0 Å². The highest BCUT2D eigenvalue weighted by atomic mass is 16.5. The zero-order valence-electron chi connectivity index (χ0n) is 18.1. The average Bonchev–Trinajstić information content (AvgIpc) is 2.67. The minimum atomic E-state index is 0.154. The molecule has 0 radical (unpaired) electrons. The van der Waals surface area contributed by atoms with Crippen molar-refractivity contribution in [2.75, 3.05) is 25.1 Å². The van der Waals surface area contributed by atoms with Gasteiger partial charge in [-0.25, -0.2) is 0 Å². The Bertz CT molecular complexity index is 869. The van der Waals surface area contributed by atoms with Crippen molar-refractivity contribution in [1.29, 1.82) is 0 Å². The fraction of sp³-hybridized carbons (Fsp3) is 0.480. The third-order valence-corrected chi connectivity index (χ3v) is 6.04. The molecule has 160 valence electrons. The van der Waals surface area contributed by atoms with Gasteiger partial charge in [-0.2, -0.15) is 0 Å². The van der Waals surface area contributed by atoms with Gasteiger partial charge in [-0.1, -0.05) is 19.1 Å². The Morgan fingerprint density at radius 1 is 1.03 bits per heavy atom. The van der Waals surface area contributed by atoms with Gasteiger partial charge in [0, 0.05) is 12.5 Å². The van der Waals surface area contributed by atoms with E-state index in [9.17, 15) is 4.79 Å². The molecule has 1 aliphatic heterocycles. The smallest absolute Gasteiger partial charge is 0.145 e. The van der Waals surface area contributed by atoms with Gasteiger partial charge in [0.05, 0.1) is 32.0 Å². The zero-order valence-corrected chi connectivity index (χ0v) is 18.1. The van der Waals surface area contributed by atoms with E-state index in [1.807, 2.05) is 24.3 Å². The lowest BCUT2D eigenvalue weighted by molar-refractivity contribution is -0.117. The number of hydrogen-bond acceptors (Lipinski definition) is 5. The molecule has 5 heteroatoms. The number of rotatable bonds is 9. The fourth-order valence-corrected chi connectivity index (χ4v) is 4.00. The number of carbonyl (C=O) groups is 1. The number of carbonyl (C=O) groups excluding carboxylic acids is 1. The number of nitrogens with zero attached hydrogens (tertiary/aromatic N) is 1. The van der Waals surface area contributed by atoms with Gasteiger partial charge >= 0.3 is 0 Å². The molecule has 5 nitrogen and oxygen atoms in total. The Labute approximate surface area is 178 Å². The average molecular weight is 410 g/mol. The monoisotopic (exact) mass is 409 g/mol. The van der Waals surface area contributed by atoms with E-state index in [-0.39, 0.29) is 17.8 Å². The molecule has 1 saturated carbocycles. The van der Waals surface area contributed by atoms with Crippen molar-refractivity contribution >= 4 is 11.5 Å². The van der Waals surface area contributed by atoms with Crippen LogP contribution in [0.2, 0.25) is 0 Å². The molecule has 4 rings (SSSR count). The van der Waals surface area contributed by atoms with Crippen LogP contribution >= 0.6 is 0 Å². The summed E-state index contributed by atoms with van der Waals surface area (Å²) < 4.78 is 17.7. The van der Waals surface area contributed by atoms with Crippen LogP contribution in [0, 0.1) is 0 Å². The van der Waals surface area contributed by atoms with Crippen molar-refractivity contribution < 1.29 is 19.0 Å². The van der Waals surface area contributed by atoms with Crippen LogP contribution in [0.5, 0.6) is 17.2 Å². The summed E-state index contributed by atoms with van der Waals surface area (Å²) >= 11 is 0. The molecule has 2 aromatic carbocycles. The van der Waals surface area contributed by atoms with Gasteiger partial charge in [0.25, 0.3) is 0 Å². The van der Waals surface area contributed by atoms with Gasteiger partial charge in [0.15, 0.2) is 0 Å². The number of methoxy groups -OCH3 is 1. The molecule has 0 aromatic heterocycles. The second-order valence-electron chi connectivity index (χ2n) is 8.53. The van der Waals surface area contributed by atoms with E-state index in [1.165, 1.54) is 12.0 Å². The molecule has 2 aromatic rings. The Hall–Kier alpha value is -2.69. The number of ketones is 1. The minimum Gasteiger partial charge on any atom is -0.494 e. The summed E-state index contributed by atoms with van der Waals surface area (Å²) in [5.41, 5.74) is 2.24. The van der Waals surface area contributed by atoms with Crippen LogP contribution in [0.1, 0.15) is 51.0 Å².